The Hall–Kier alpha value is -2.69. The van der Waals surface area contributed by atoms with Gasteiger partial charge in [-0.15, -0.1) is 0 Å². The highest BCUT2D eigenvalue weighted by Gasteiger charge is 2.35. The molecule has 0 radical (unpaired) electrons. The molecule has 0 saturated carbocycles. The number of rotatable bonds is 3. The van der Waals surface area contributed by atoms with Gasteiger partial charge in [0.25, 0.3) is 11.6 Å². The molecule has 5 heteroatoms. The van der Waals surface area contributed by atoms with Gasteiger partial charge in [0.1, 0.15) is 0 Å². The number of pyridine rings is 1. The van der Waals surface area contributed by atoms with E-state index >= 15 is 0 Å². The predicted octanol–water partition coefficient (Wildman–Crippen LogP) is 4.98. The third kappa shape index (κ3) is 3.19. The van der Waals surface area contributed by atoms with Crippen LogP contribution in [0, 0.1) is 13.8 Å². The van der Waals surface area contributed by atoms with Crippen molar-refractivity contribution in [3.8, 4) is 0 Å². The number of hydrogen-bond donors (Lipinski definition) is 0. The summed E-state index contributed by atoms with van der Waals surface area (Å²) in [6.07, 6.45) is 0.975. The molecule has 146 valence electrons. The number of carbonyl (C=O) groups is 1. The van der Waals surface area contributed by atoms with Crippen LogP contribution in [0.1, 0.15) is 71.9 Å². The summed E-state index contributed by atoms with van der Waals surface area (Å²) < 4.78 is 5.39. The summed E-state index contributed by atoms with van der Waals surface area (Å²) in [5, 5.41) is 4.78. The maximum absolute atomic E-state index is 13.6. The maximum Gasteiger partial charge on any atom is 0.259 e. The maximum atomic E-state index is 13.6. The van der Waals surface area contributed by atoms with Crippen molar-refractivity contribution in [2.75, 3.05) is 6.54 Å². The van der Waals surface area contributed by atoms with Crippen molar-refractivity contribution >= 4 is 17.0 Å². The first-order valence-corrected chi connectivity index (χ1v) is 9.99. The van der Waals surface area contributed by atoms with E-state index in [-0.39, 0.29) is 17.9 Å². The second-order valence-corrected chi connectivity index (χ2v) is 8.35. The first-order chi connectivity index (χ1) is 13.3. The number of aromatic nitrogens is 2. The number of likely N-dealkylation sites (tertiary alicyclic amines) is 1. The molecule has 1 aliphatic rings. The highest BCUT2D eigenvalue weighted by Crippen LogP contribution is 2.34. The van der Waals surface area contributed by atoms with Gasteiger partial charge < -0.3 is 9.42 Å². The van der Waals surface area contributed by atoms with Crippen molar-refractivity contribution in [2.45, 2.75) is 58.9 Å². The second kappa shape index (κ2) is 7.04. The molecule has 0 aliphatic carbocycles. The highest BCUT2D eigenvalue weighted by atomic mass is 16.5. The number of fused-ring (bicyclic) bond motifs is 1. The Morgan fingerprint density at radius 2 is 1.93 bits per heavy atom. The van der Waals surface area contributed by atoms with Crippen molar-refractivity contribution in [1.82, 2.24) is 15.0 Å². The Morgan fingerprint density at radius 3 is 2.61 bits per heavy atom. The van der Waals surface area contributed by atoms with Crippen LogP contribution < -0.4 is 0 Å². The molecule has 3 heterocycles. The molecule has 1 aromatic carbocycles. The van der Waals surface area contributed by atoms with Crippen molar-refractivity contribution in [2.24, 2.45) is 0 Å². The molecule has 2 unspecified atom stereocenters. The molecule has 3 aromatic rings. The molecule has 1 fully saturated rings. The standard InChI is InChI=1S/C23H27N3O2/c1-13(2)20-11-19(21-16(5)25-28-22(21)24-20)23(27)26-12-18(10-15(26)4)17-8-6-14(3)7-9-17/h6-9,11,13,15,18H,10,12H2,1-5H3. The Labute approximate surface area is 165 Å². The van der Waals surface area contributed by atoms with Crippen LogP contribution in [0.4, 0.5) is 0 Å². The lowest BCUT2D eigenvalue weighted by Gasteiger charge is -2.22. The van der Waals surface area contributed by atoms with Crippen molar-refractivity contribution in [1.29, 1.82) is 0 Å². The molecule has 2 aromatic heterocycles. The third-order valence-corrected chi connectivity index (χ3v) is 5.84. The van der Waals surface area contributed by atoms with Gasteiger partial charge in [-0.2, -0.15) is 0 Å². The van der Waals surface area contributed by atoms with Gasteiger partial charge in [0.2, 0.25) is 0 Å². The Morgan fingerprint density at radius 1 is 1.21 bits per heavy atom. The van der Waals surface area contributed by atoms with Crippen LogP contribution >= 0.6 is 0 Å². The molecule has 5 nitrogen and oxygen atoms in total. The van der Waals surface area contributed by atoms with Crippen LogP contribution in [0.15, 0.2) is 34.9 Å². The number of amides is 1. The van der Waals surface area contributed by atoms with Gasteiger partial charge in [0.15, 0.2) is 0 Å². The van der Waals surface area contributed by atoms with Gasteiger partial charge in [-0.25, -0.2) is 4.98 Å². The predicted molar refractivity (Wildman–Crippen MR) is 110 cm³/mol. The van der Waals surface area contributed by atoms with Crippen LogP contribution in [0.3, 0.4) is 0 Å². The smallest absolute Gasteiger partial charge is 0.259 e. The van der Waals surface area contributed by atoms with Crippen LogP contribution in [0.25, 0.3) is 11.1 Å². The monoisotopic (exact) mass is 377 g/mol. The van der Waals surface area contributed by atoms with Gasteiger partial charge in [0.05, 0.1) is 16.6 Å². The van der Waals surface area contributed by atoms with Gasteiger partial charge >= 0.3 is 0 Å². The van der Waals surface area contributed by atoms with Gasteiger partial charge in [-0.05, 0) is 44.7 Å². The number of benzene rings is 1. The average Bonchev–Trinajstić information content (AvgIpc) is 3.24. The summed E-state index contributed by atoms with van der Waals surface area (Å²) in [7, 11) is 0. The van der Waals surface area contributed by atoms with E-state index in [9.17, 15) is 4.79 Å². The molecule has 1 aliphatic heterocycles. The number of aryl methyl sites for hydroxylation is 2. The molecule has 28 heavy (non-hydrogen) atoms. The van der Waals surface area contributed by atoms with Crippen LogP contribution in [-0.4, -0.2) is 33.5 Å². The van der Waals surface area contributed by atoms with E-state index in [1.165, 1.54) is 11.1 Å². The normalized spacial score (nSPS) is 19.7. The summed E-state index contributed by atoms with van der Waals surface area (Å²) in [6.45, 7) is 11.0. The van der Waals surface area contributed by atoms with Crippen LogP contribution in [-0.2, 0) is 0 Å². The van der Waals surface area contributed by atoms with Crippen molar-refractivity contribution in [3.63, 3.8) is 0 Å². The van der Waals surface area contributed by atoms with Gasteiger partial charge in [-0.3, -0.25) is 4.79 Å². The van der Waals surface area contributed by atoms with E-state index in [1.807, 2.05) is 17.9 Å². The van der Waals surface area contributed by atoms with Crippen LogP contribution in [0.5, 0.6) is 0 Å². The average molecular weight is 377 g/mol. The first-order valence-electron chi connectivity index (χ1n) is 9.99. The largest absolute Gasteiger partial charge is 0.336 e. The first kappa shape index (κ1) is 18.7. The Kier molecular flexibility index (Phi) is 4.69. The van der Waals surface area contributed by atoms with Crippen molar-refractivity contribution < 1.29 is 9.32 Å². The molecule has 2 atom stereocenters. The minimum Gasteiger partial charge on any atom is -0.336 e. The van der Waals surface area contributed by atoms with E-state index in [2.05, 4.69) is 62.1 Å². The van der Waals surface area contributed by atoms with E-state index in [0.29, 0.717) is 22.9 Å². The fourth-order valence-electron chi connectivity index (χ4n) is 4.13. The van der Waals surface area contributed by atoms with Gasteiger partial charge in [0, 0.05) is 24.2 Å². The number of nitrogens with zero attached hydrogens (tertiary/aromatic N) is 3. The summed E-state index contributed by atoms with van der Waals surface area (Å²) in [6, 6.07) is 10.8. The fraction of sp³-hybridized carbons (Fsp3) is 0.435. The Bertz CT molecular complexity index is 1020. The van der Waals surface area contributed by atoms with Crippen molar-refractivity contribution in [3.05, 3.63) is 58.4 Å². The summed E-state index contributed by atoms with van der Waals surface area (Å²) in [5.41, 5.74) is 5.23. The lowest BCUT2D eigenvalue weighted by molar-refractivity contribution is 0.0747. The molecule has 1 saturated heterocycles. The fourth-order valence-corrected chi connectivity index (χ4v) is 4.13. The van der Waals surface area contributed by atoms with E-state index in [4.69, 9.17) is 4.52 Å². The van der Waals surface area contributed by atoms with E-state index in [0.717, 1.165) is 24.0 Å². The minimum absolute atomic E-state index is 0.0442. The zero-order chi connectivity index (χ0) is 20.0. The topological polar surface area (TPSA) is 59.2 Å². The third-order valence-electron chi connectivity index (χ3n) is 5.84. The molecule has 1 amide bonds. The Balaban J connectivity index is 1.69. The minimum atomic E-state index is 0.0442. The van der Waals surface area contributed by atoms with Gasteiger partial charge in [-0.1, -0.05) is 48.8 Å². The zero-order valence-corrected chi connectivity index (χ0v) is 17.2. The molecule has 0 spiro atoms. The summed E-state index contributed by atoms with van der Waals surface area (Å²) >= 11 is 0. The zero-order valence-electron chi connectivity index (χ0n) is 17.2. The molecule has 0 bridgehead atoms. The number of hydrogen-bond acceptors (Lipinski definition) is 4. The second-order valence-electron chi connectivity index (χ2n) is 8.35. The highest BCUT2D eigenvalue weighted by molar-refractivity contribution is 6.06. The summed E-state index contributed by atoms with van der Waals surface area (Å²) in [4.78, 5) is 20.1. The molecular weight excluding hydrogens is 350 g/mol. The molecule has 4 rings (SSSR count). The quantitative estimate of drug-likeness (QED) is 0.646. The summed E-state index contributed by atoms with van der Waals surface area (Å²) in [5.74, 6) is 0.616. The SMILES string of the molecule is Cc1ccc(C2CC(C)N(C(=O)c3cc(C(C)C)nc4onc(C)c34)C2)cc1. The van der Waals surface area contributed by atoms with Crippen LogP contribution in [0.2, 0.25) is 0 Å². The molecular formula is C23H27N3O2. The van der Waals surface area contributed by atoms with E-state index < -0.39 is 0 Å². The number of carbonyl (C=O) groups excluding carboxylic acids is 1. The van der Waals surface area contributed by atoms with E-state index in [1.54, 1.807) is 0 Å². The lowest BCUT2D eigenvalue weighted by atomic mass is 9.96. The molecule has 0 N–H and O–H groups in total. The lowest BCUT2D eigenvalue weighted by Crippen LogP contribution is -2.34.